The Morgan fingerprint density at radius 2 is 0.831 bits per heavy atom. The van der Waals surface area contributed by atoms with Crippen LogP contribution in [0.25, 0.3) is 0 Å². The summed E-state index contributed by atoms with van der Waals surface area (Å²) < 4.78 is 30.3. The zero-order valence-electron chi connectivity index (χ0n) is 51.7. The summed E-state index contributed by atoms with van der Waals surface area (Å²) in [6.07, 6.45) is 70.9. The van der Waals surface area contributed by atoms with Gasteiger partial charge in [0.05, 0.1) is 33.8 Å². The number of esters is 1. The van der Waals surface area contributed by atoms with Crippen molar-refractivity contribution in [3.8, 4) is 0 Å². The summed E-state index contributed by atoms with van der Waals surface area (Å²) in [5.74, 6) is -0.540. The van der Waals surface area contributed by atoms with Gasteiger partial charge in [0.15, 0.2) is 0 Å². The Kier molecular flexibility index (Phi) is 55.7. The average Bonchev–Trinajstić information content (AvgIpc) is 3.39. The van der Waals surface area contributed by atoms with Crippen molar-refractivity contribution in [3.63, 3.8) is 0 Å². The quantitative estimate of drug-likeness (QED) is 0.0212. The highest BCUT2D eigenvalue weighted by Crippen LogP contribution is 2.38. The first kappa shape index (κ1) is 75.0. The van der Waals surface area contributed by atoms with Crippen LogP contribution in [0.4, 0.5) is 0 Å². The Labute approximate surface area is 478 Å². The molecule has 0 saturated heterocycles. The fraction of sp³-hybridized carbons (Fsp3) is 0.851. The molecule has 77 heavy (non-hydrogen) atoms. The third-order valence-corrected chi connectivity index (χ3v) is 15.7. The molecule has 0 radical (unpaired) electrons. The van der Waals surface area contributed by atoms with Crippen LogP contribution in [-0.2, 0) is 27.9 Å². The number of carbonyl (C=O) groups excluding carboxylic acids is 2. The Hall–Kier alpha value is -2.03. The highest BCUT2D eigenvalue weighted by Gasteiger charge is 2.27. The first-order valence-electron chi connectivity index (χ1n) is 32.9. The highest BCUT2D eigenvalue weighted by atomic mass is 31.2. The molecule has 0 rings (SSSR count). The van der Waals surface area contributed by atoms with Crippen LogP contribution >= 0.6 is 7.82 Å². The number of nitrogens with zero attached hydrogens (tertiary/aromatic N) is 1. The molecule has 0 bridgehead atoms. The molecule has 9 nitrogen and oxygen atoms in total. The van der Waals surface area contributed by atoms with Gasteiger partial charge in [-0.05, 0) is 83.1 Å². The lowest BCUT2D eigenvalue weighted by Crippen LogP contribution is -2.47. The van der Waals surface area contributed by atoms with E-state index in [-0.39, 0.29) is 31.5 Å². The SMILES string of the molecule is CC/C=C/C/C=C/CCCCCCCCCC(=O)OC(/C=C\CCCCCCCCCCCC)C(COP(=O)([O-])OCC[N+](C)(C)C)NC(=O)CCCCCCCCCCCCCCCCC/C=C/CCCCCCCC. The van der Waals surface area contributed by atoms with Crippen LogP contribution in [0.2, 0.25) is 0 Å². The zero-order chi connectivity index (χ0) is 56.4. The lowest BCUT2D eigenvalue weighted by atomic mass is 10.0. The standard InChI is InChI=1S/C67H127N2O7P/c1-7-10-13-16-19-22-25-28-30-31-32-33-34-35-36-37-38-39-40-41-44-47-50-53-56-59-66(70)68-64(63-75-77(72,73)74-62-61-69(4,5)6)65(58-55-52-49-46-43-27-24-21-18-15-12-9-3)76-67(71)60-57-54-51-48-45-42-29-26-23-20-17-14-11-8-2/h11,14,20,23,28,30,55,58,64-65H,7-10,12-13,15-19,21-22,24-27,29,31-54,56-57,59-63H2,1-6H3,(H-,68,70,72,73)/b14-11+,23-20+,30-28+,58-55-. The van der Waals surface area contributed by atoms with Gasteiger partial charge in [0, 0.05) is 12.8 Å². The Morgan fingerprint density at radius 3 is 1.25 bits per heavy atom. The minimum atomic E-state index is -4.70. The van der Waals surface area contributed by atoms with Crippen molar-refractivity contribution >= 4 is 19.7 Å². The molecule has 0 aromatic rings. The Balaban J connectivity index is 5.05. The molecule has 1 N–H and O–H groups in total. The second kappa shape index (κ2) is 57.2. The van der Waals surface area contributed by atoms with E-state index in [2.05, 4.69) is 62.5 Å². The molecule has 3 unspecified atom stereocenters. The van der Waals surface area contributed by atoms with Crippen LogP contribution in [0.3, 0.4) is 0 Å². The molecule has 452 valence electrons. The first-order valence-corrected chi connectivity index (χ1v) is 34.4. The van der Waals surface area contributed by atoms with E-state index in [1.165, 1.54) is 199 Å². The molecule has 0 fully saturated rings. The summed E-state index contributed by atoms with van der Waals surface area (Å²) in [6.45, 7) is 6.76. The third-order valence-electron chi connectivity index (χ3n) is 14.7. The zero-order valence-corrected chi connectivity index (χ0v) is 52.6. The van der Waals surface area contributed by atoms with Crippen LogP contribution < -0.4 is 10.2 Å². The van der Waals surface area contributed by atoms with Gasteiger partial charge in [0.25, 0.3) is 7.82 Å². The van der Waals surface area contributed by atoms with E-state index in [4.69, 9.17) is 13.8 Å². The van der Waals surface area contributed by atoms with Gasteiger partial charge in [0.1, 0.15) is 19.3 Å². The smallest absolute Gasteiger partial charge is 0.306 e. The van der Waals surface area contributed by atoms with Crippen LogP contribution in [-0.4, -0.2) is 69.4 Å². The number of quaternary nitrogens is 1. The largest absolute Gasteiger partial charge is 0.756 e. The fourth-order valence-electron chi connectivity index (χ4n) is 9.67. The monoisotopic (exact) mass is 1100 g/mol. The van der Waals surface area contributed by atoms with Crippen molar-refractivity contribution in [2.45, 2.75) is 328 Å². The van der Waals surface area contributed by atoms with Crippen LogP contribution in [0.15, 0.2) is 48.6 Å². The van der Waals surface area contributed by atoms with Gasteiger partial charge in [-0.1, -0.05) is 269 Å². The minimum Gasteiger partial charge on any atom is -0.756 e. The fourth-order valence-corrected chi connectivity index (χ4v) is 10.4. The van der Waals surface area contributed by atoms with E-state index in [9.17, 15) is 19.0 Å². The van der Waals surface area contributed by atoms with Crippen molar-refractivity contribution < 1.29 is 37.3 Å². The molecular formula is C67H127N2O7P. The second-order valence-corrected chi connectivity index (χ2v) is 25.0. The van der Waals surface area contributed by atoms with Gasteiger partial charge in [0.2, 0.25) is 5.91 Å². The third kappa shape index (κ3) is 58.4. The Bertz CT molecular complexity index is 1460. The molecule has 0 aliphatic rings. The van der Waals surface area contributed by atoms with E-state index in [0.717, 1.165) is 83.5 Å². The van der Waals surface area contributed by atoms with Gasteiger partial charge in [-0.2, -0.15) is 0 Å². The summed E-state index contributed by atoms with van der Waals surface area (Å²) in [5, 5.41) is 3.04. The number of allylic oxidation sites excluding steroid dienone is 7. The highest BCUT2D eigenvalue weighted by molar-refractivity contribution is 7.45. The van der Waals surface area contributed by atoms with Gasteiger partial charge in [-0.15, -0.1) is 0 Å². The van der Waals surface area contributed by atoms with Gasteiger partial charge < -0.3 is 28.5 Å². The first-order chi connectivity index (χ1) is 37.4. The van der Waals surface area contributed by atoms with Gasteiger partial charge in [-0.3, -0.25) is 14.2 Å². The van der Waals surface area contributed by atoms with Crippen molar-refractivity contribution in [1.29, 1.82) is 0 Å². The van der Waals surface area contributed by atoms with E-state index >= 15 is 0 Å². The lowest BCUT2D eigenvalue weighted by Gasteiger charge is -2.30. The number of nitrogens with one attached hydrogen (secondary N) is 1. The number of carbonyl (C=O) groups is 2. The molecule has 0 aromatic carbocycles. The van der Waals surface area contributed by atoms with Crippen LogP contribution in [0.1, 0.15) is 316 Å². The lowest BCUT2D eigenvalue weighted by molar-refractivity contribution is -0.870. The van der Waals surface area contributed by atoms with Crippen molar-refractivity contribution in [1.82, 2.24) is 5.32 Å². The summed E-state index contributed by atoms with van der Waals surface area (Å²) >= 11 is 0. The summed E-state index contributed by atoms with van der Waals surface area (Å²) in [6, 6.07) is -0.890. The van der Waals surface area contributed by atoms with Crippen molar-refractivity contribution in [3.05, 3.63) is 48.6 Å². The molecule has 0 aliphatic heterocycles. The number of phosphoric ester groups is 1. The molecule has 0 aromatic heterocycles. The molecule has 1 amide bonds. The summed E-state index contributed by atoms with van der Waals surface area (Å²) in [5.41, 5.74) is 0. The molecule has 0 spiro atoms. The normalized spacial score (nSPS) is 13.9. The van der Waals surface area contributed by atoms with E-state index in [1.807, 2.05) is 33.3 Å². The number of hydrogen-bond acceptors (Lipinski definition) is 7. The molecule has 3 atom stereocenters. The summed E-state index contributed by atoms with van der Waals surface area (Å²) in [4.78, 5) is 40.0. The Morgan fingerprint density at radius 1 is 0.468 bits per heavy atom. The number of phosphoric acid groups is 1. The molecule has 0 heterocycles. The summed E-state index contributed by atoms with van der Waals surface area (Å²) in [7, 11) is 1.19. The number of rotatable bonds is 60. The minimum absolute atomic E-state index is 0.0226. The topological polar surface area (TPSA) is 114 Å². The van der Waals surface area contributed by atoms with Crippen LogP contribution in [0, 0.1) is 0 Å². The maximum absolute atomic E-state index is 13.6. The van der Waals surface area contributed by atoms with Crippen LogP contribution in [0.5, 0.6) is 0 Å². The number of amides is 1. The molecule has 0 saturated carbocycles. The van der Waals surface area contributed by atoms with Gasteiger partial charge in [-0.25, -0.2) is 0 Å². The predicted molar refractivity (Wildman–Crippen MR) is 330 cm³/mol. The number of unbranched alkanes of at least 4 members (excludes halogenated alkanes) is 38. The molecular weight excluding hydrogens is 976 g/mol. The van der Waals surface area contributed by atoms with E-state index in [1.54, 1.807) is 0 Å². The van der Waals surface area contributed by atoms with Gasteiger partial charge >= 0.3 is 5.97 Å². The van der Waals surface area contributed by atoms with Crippen molar-refractivity contribution in [2.24, 2.45) is 0 Å². The molecule has 10 heteroatoms. The number of ether oxygens (including phenoxy) is 1. The second-order valence-electron chi connectivity index (χ2n) is 23.6. The molecule has 0 aliphatic carbocycles. The predicted octanol–water partition coefficient (Wildman–Crippen LogP) is 19.8. The maximum atomic E-state index is 13.6. The van der Waals surface area contributed by atoms with E-state index < -0.39 is 20.0 Å². The number of likely N-dealkylation sites (N-methyl/N-ethyl adjacent to an activating group) is 1. The average molecular weight is 1100 g/mol. The maximum Gasteiger partial charge on any atom is 0.306 e. The number of hydrogen-bond donors (Lipinski definition) is 1. The van der Waals surface area contributed by atoms with E-state index in [0.29, 0.717) is 17.4 Å². The van der Waals surface area contributed by atoms with Crippen molar-refractivity contribution in [2.75, 3.05) is 40.9 Å².